The Morgan fingerprint density at radius 3 is 2.07 bits per heavy atom. The number of aryl methyl sites for hydroxylation is 2. The highest BCUT2D eigenvalue weighted by molar-refractivity contribution is 9.09. The number of aromatic nitrogens is 2. The molecule has 6 heteroatoms. The van der Waals surface area contributed by atoms with Crippen LogP contribution in [0, 0.1) is 0 Å². The Hall–Kier alpha value is -3.12. The topological polar surface area (TPSA) is 53.2 Å². The number of ether oxygens (including phenoxy) is 1. The first-order chi connectivity index (χ1) is 14.6. The van der Waals surface area contributed by atoms with E-state index >= 15 is 0 Å². The summed E-state index contributed by atoms with van der Waals surface area (Å²) in [4.78, 5) is 25.7. The van der Waals surface area contributed by atoms with E-state index in [1.165, 1.54) is 0 Å². The van der Waals surface area contributed by atoms with Crippen LogP contribution in [0.3, 0.4) is 0 Å². The van der Waals surface area contributed by atoms with Gasteiger partial charge in [-0.25, -0.2) is 9.59 Å². The van der Waals surface area contributed by atoms with Gasteiger partial charge in [0.25, 0.3) is 0 Å². The highest BCUT2D eigenvalue weighted by Gasteiger charge is 2.37. The number of carbonyl (C=O) groups excluding carboxylic acids is 2. The summed E-state index contributed by atoms with van der Waals surface area (Å²) in [6.07, 6.45) is 4.81. The van der Waals surface area contributed by atoms with Crippen LogP contribution in [-0.4, -0.2) is 26.4 Å². The van der Waals surface area contributed by atoms with Crippen LogP contribution in [0.15, 0.2) is 60.9 Å². The molecular formula is C24H19BrN2O3. The fourth-order valence-corrected chi connectivity index (χ4v) is 4.53. The van der Waals surface area contributed by atoms with Crippen molar-refractivity contribution >= 4 is 60.8 Å². The predicted molar refractivity (Wildman–Crippen MR) is 121 cm³/mol. The van der Waals surface area contributed by atoms with Crippen LogP contribution in [0.1, 0.15) is 17.5 Å². The molecule has 1 aliphatic heterocycles. The van der Waals surface area contributed by atoms with Gasteiger partial charge >= 0.3 is 11.9 Å². The molecule has 0 amide bonds. The number of alkyl halides is 1. The second-order valence-electron chi connectivity index (χ2n) is 7.39. The predicted octanol–water partition coefficient (Wildman–Crippen LogP) is 4.91. The van der Waals surface area contributed by atoms with Crippen molar-refractivity contribution in [3.05, 3.63) is 72.1 Å². The van der Waals surface area contributed by atoms with E-state index in [0.717, 1.165) is 51.2 Å². The van der Waals surface area contributed by atoms with E-state index in [-0.39, 0.29) is 0 Å². The van der Waals surface area contributed by atoms with E-state index in [2.05, 4.69) is 20.5 Å². The first-order valence-electron chi connectivity index (χ1n) is 9.79. The molecule has 0 radical (unpaired) electrons. The Bertz CT molecular complexity index is 1360. The molecule has 0 N–H and O–H groups in total. The first kappa shape index (κ1) is 18.9. The van der Waals surface area contributed by atoms with Crippen LogP contribution in [0.2, 0.25) is 0 Å². The van der Waals surface area contributed by atoms with Gasteiger partial charge in [0, 0.05) is 64.2 Å². The van der Waals surface area contributed by atoms with E-state index in [0.29, 0.717) is 11.1 Å². The average Bonchev–Trinajstić information content (AvgIpc) is 3.37. The Balaban J connectivity index is 1.81. The smallest absolute Gasteiger partial charge is 0.347 e. The molecule has 150 valence electrons. The van der Waals surface area contributed by atoms with E-state index < -0.39 is 11.9 Å². The third-order valence-electron chi connectivity index (χ3n) is 5.60. The monoisotopic (exact) mass is 462 g/mol. The Kier molecular flexibility index (Phi) is 4.59. The molecule has 2 aromatic heterocycles. The van der Waals surface area contributed by atoms with Crippen LogP contribution in [0.4, 0.5) is 0 Å². The van der Waals surface area contributed by atoms with E-state index in [1.54, 1.807) is 0 Å². The number of rotatable bonds is 5. The molecule has 0 unspecified atom stereocenters. The third-order valence-corrected chi connectivity index (χ3v) is 6.16. The van der Waals surface area contributed by atoms with Crippen molar-refractivity contribution < 1.29 is 14.3 Å². The van der Waals surface area contributed by atoms with Crippen LogP contribution in [-0.2, 0) is 27.9 Å². The van der Waals surface area contributed by atoms with Gasteiger partial charge in [-0.1, -0.05) is 52.3 Å². The Morgan fingerprint density at radius 1 is 0.833 bits per heavy atom. The fourth-order valence-electron chi connectivity index (χ4n) is 4.28. The van der Waals surface area contributed by atoms with Crippen LogP contribution < -0.4 is 0 Å². The van der Waals surface area contributed by atoms with Gasteiger partial charge in [-0.15, -0.1) is 0 Å². The molecule has 3 heterocycles. The lowest BCUT2D eigenvalue weighted by atomic mass is 9.95. The molecule has 0 bridgehead atoms. The summed E-state index contributed by atoms with van der Waals surface area (Å²) in [5.74, 6) is -1.19. The number of fused-ring (bicyclic) bond motifs is 2. The molecule has 2 aromatic carbocycles. The number of hydrogen-bond donors (Lipinski definition) is 0. The van der Waals surface area contributed by atoms with Gasteiger partial charge in [-0.3, -0.25) is 0 Å². The number of carbonyl (C=O) groups is 2. The summed E-state index contributed by atoms with van der Waals surface area (Å²) in [6, 6.07) is 15.8. The molecule has 4 aromatic rings. The number of benzene rings is 2. The molecule has 0 spiro atoms. The minimum atomic E-state index is -0.594. The summed E-state index contributed by atoms with van der Waals surface area (Å²) in [6.45, 7) is 0.811. The molecule has 5 rings (SSSR count). The SMILES string of the molecule is Cn1cc(C2=C(c3cn(CCCBr)c4ccccc34)C(=O)OC2=O)c2ccccc21. The van der Waals surface area contributed by atoms with Gasteiger partial charge < -0.3 is 13.9 Å². The minimum Gasteiger partial charge on any atom is -0.386 e. The molecule has 5 nitrogen and oxygen atoms in total. The number of cyclic esters (lactones) is 2. The van der Waals surface area contributed by atoms with Gasteiger partial charge in [0.05, 0.1) is 11.1 Å². The maximum absolute atomic E-state index is 12.9. The second-order valence-corrected chi connectivity index (χ2v) is 8.19. The summed E-state index contributed by atoms with van der Waals surface area (Å²) in [5, 5.41) is 2.74. The maximum Gasteiger partial charge on any atom is 0.347 e. The summed E-state index contributed by atoms with van der Waals surface area (Å²) in [7, 11) is 1.93. The lowest BCUT2D eigenvalue weighted by molar-refractivity contribution is -0.149. The van der Waals surface area contributed by atoms with E-state index in [9.17, 15) is 9.59 Å². The number of esters is 2. The third kappa shape index (κ3) is 2.82. The van der Waals surface area contributed by atoms with E-state index in [4.69, 9.17) is 4.74 Å². The number of halogens is 1. The number of hydrogen-bond acceptors (Lipinski definition) is 3. The Labute approximate surface area is 181 Å². The minimum absolute atomic E-state index is 0.334. The highest BCUT2D eigenvalue weighted by Crippen LogP contribution is 2.40. The van der Waals surface area contributed by atoms with Crippen LogP contribution in [0.25, 0.3) is 33.0 Å². The molecule has 0 saturated heterocycles. The van der Waals surface area contributed by atoms with Crippen molar-refractivity contribution in [1.82, 2.24) is 9.13 Å². The normalized spacial score (nSPS) is 14.3. The van der Waals surface area contributed by atoms with Crippen molar-refractivity contribution in [2.45, 2.75) is 13.0 Å². The van der Waals surface area contributed by atoms with Crippen molar-refractivity contribution in [3.63, 3.8) is 0 Å². The molecular weight excluding hydrogens is 444 g/mol. The molecule has 0 saturated carbocycles. The van der Waals surface area contributed by atoms with Gasteiger partial charge in [0.1, 0.15) is 0 Å². The van der Waals surface area contributed by atoms with Gasteiger partial charge in [-0.2, -0.15) is 0 Å². The lowest BCUT2D eigenvalue weighted by Gasteiger charge is -2.02. The highest BCUT2D eigenvalue weighted by atomic mass is 79.9. The van der Waals surface area contributed by atoms with Gasteiger partial charge in [-0.05, 0) is 18.6 Å². The van der Waals surface area contributed by atoms with Crippen molar-refractivity contribution in [3.8, 4) is 0 Å². The van der Waals surface area contributed by atoms with Gasteiger partial charge in [0.15, 0.2) is 0 Å². The van der Waals surface area contributed by atoms with E-state index in [1.807, 2.05) is 72.5 Å². The molecule has 0 aliphatic carbocycles. The zero-order valence-corrected chi connectivity index (χ0v) is 18.0. The molecule has 0 fully saturated rings. The van der Waals surface area contributed by atoms with Crippen molar-refractivity contribution in [2.75, 3.05) is 5.33 Å². The second kappa shape index (κ2) is 7.29. The lowest BCUT2D eigenvalue weighted by Crippen LogP contribution is -2.02. The Morgan fingerprint density at radius 2 is 1.40 bits per heavy atom. The maximum atomic E-state index is 12.9. The first-order valence-corrected chi connectivity index (χ1v) is 10.9. The standard InChI is InChI=1S/C24H19BrN2O3/c1-26-13-17(15-7-2-4-9-19(15)26)21-22(24(29)30-23(21)28)18-14-27(12-6-11-25)20-10-5-3-8-16(18)20/h2-5,7-10,13-14H,6,11-12H2,1H3. The van der Waals surface area contributed by atoms with Crippen molar-refractivity contribution in [1.29, 1.82) is 0 Å². The number of nitrogens with zero attached hydrogens (tertiary/aromatic N) is 2. The summed E-state index contributed by atoms with van der Waals surface area (Å²) >= 11 is 3.48. The molecule has 1 aliphatic rings. The fraction of sp³-hybridized carbons (Fsp3) is 0.167. The summed E-state index contributed by atoms with van der Waals surface area (Å²) in [5.41, 5.74) is 4.15. The zero-order valence-electron chi connectivity index (χ0n) is 16.4. The quantitative estimate of drug-likeness (QED) is 0.240. The van der Waals surface area contributed by atoms with Crippen LogP contribution >= 0.6 is 15.9 Å². The van der Waals surface area contributed by atoms with Crippen molar-refractivity contribution in [2.24, 2.45) is 7.05 Å². The zero-order chi connectivity index (χ0) is 20.8. The van der Waals surface area contributed by atoms with Crippen LogP contribution in [0.5, 0.6) is 0 Å². The van der Waals surface area contributed by atoms with Gasteiger partial charge in [0.2, 0.25) is 0 Å². The largest absolute Gasteiger partial charge is 0.386 e. The summed E-state index contributed by atoms with van der Waals surface area (Å²) < 4.78 is 9.21. The molecule has 0 atom stereocenters. The number of para-hydroxylation sites is 2. The average molecular weight is 463 g/mol. The molecule has 30 heavy (non-hydrogen) atoms.